The zero-order valence-electron chi connectivity index (χ0n) is 12.4. The quantitative estimate of drug-likeness (QED) is 0.912. The highest BCUT2D eigenvalue weighted by molar-refractivity contribution is 8.00. The number of carboxylic acid groups (broad SMARTS) is 1. The fourth-order valence-corrected chi connectivity index (χ4v) is 4.56. The maximum Gasteiger partial charge on any atom is 0.327 e. The molecule has 0 radical (unpaired) electrons. The van der Waals surface area contributed by atoms with Crippen LogP contribution >= 0.6 is 23.3 Å². The van der Waals surface area contributed by atoms with Gasteiger partial charge < -0.3 is 10.0 Å². The highest BCUT2D eigenvalue weighted by Gasteiger charge is 2.44. The number of rotatable bonds is 4. The normalized spacial score (nSPS) is 22.3. The van der Waals surface area contributed by atoms with Crippen LogP contribution in [0.4, 0.5) is 0 Å². The topological polar surface area (TPSA) is 83.4 Å². The Balaban J connectivity index is 2.37. The molecular formula is C13H19N3O3S2. The molecule has 6 nitrogen and oxygen atoms in total. The minimum atomic E-state index is -0.956. The SMILES string of the molecule is CC(C)c1nnsc1C(=O)N1C(C(=O)O)CSC1C(C)C. The third-order valence-corrected chi connectivity index (χ3v) is 5.73. The largest absolute Gasteiger partial charge is 0.480 e. The summed E-state index contributed by atoms with van der Waals surface area (Å²) >= 11 is 2.57. The van der Waals surface area contributed by atoms with Gasteiger partial charge in [-0.15, -0.1) is 16.9 Å². The molecule has 2 atom stereocenters. The van der Waals surface area contributed by atoms with E-state index in [1.165, 1.54) is 16.7 Å². The van der Waals surface area contributed by atoms with Gasteiger partial charge in [0.2, 0.25) is 0 Å². The van der Waals surface area contributed by atoms with E-state index in [2.05, 4.69) is 9.59 Å². The van der Waals surface area contributed by atoms with E-state index in [4.69, 9.17) is 0 Å². The van der Waals surface area contributed by atoms with E-state index in [1.807, 2.05) is 27.7 Å². The van der Waals surface area contributed by atoms with Crippen LogP contribution in [0, 0.1) is 5.92 Å². The summed E-state index contributed by atoms with van der Waals surface area (Å²) in [5, 5.41) is 13.3. The van der Waals surface area contributed by atoms with Gasteiger partial charge in [-0.25, -0.2) is 4.79 Å². The number of carbonyl (C=O) groups excluding carboxylic acids is 1. The molecule has 21 heavy (non-hydrogen) atoms. The van der Waals surface area contributed by atoms with E-state index in [0.717, 1.165) is 11.5 Å². The molecule has 0 saturated carbocycles. The second-order valence-electron chi connectivity index (χ2n) is 5.68. The zero-order valence-corrected chi connectivity index (χ0v) is 14.1. The van der Waals surface area contributed by atoms with Crippen molar-refractivity contribution in [3.63, 3.8) is 0 Å². The summed E-state index contributed by atoms with van der Waals surface area (Å²) in [6, 6.07) is -0.781. The minimum Gasteiger partial charge on any atom is -0.480 e. The molecule has 1 aliphatic rings. The number of hydrogen-bond donors (Lipinski definition) is 1. The van der Waals surface area contributed by atoms with E-state index in [9.17, 15) is 14.7 Å². The Morgan fingerprint density at radius 2 is 2.00 bits per heavy atom. The first kappa shape index (κ1) is 16.2. The Hall–Kier alpha value is -1.15. The van der Waals surface area contributed by atoms with Gasteiger partial charge in [-0.1, -0.05) is 32.2 Å². The molecule has 1 aromatic heterocycles. The van der Waals surface area contributed by atoms with Crippen LogP contribution in [-0.2, 0) is 4.79 Å². The molecule has 0 spiro atoms. The molecule has 0 aliphatic carbocycles. The molecule has 1 fully saturated rings. The third-order valence-electron chi connectivity index (χ3n) is 3.38. The van der Waals surface area contributed by atoms with Crippen LogP contribution in [0.15, 0.2) is 0 Å². The highest BCUT2D eigenvalue weighted by atomic mass is 32.2. The number of aliphatic carboxylic acids is 1. The van der Waals surface area contributed by atoms with Crippen LogP contribution in [0.1, 0.15) is 49.0 Å². The number of amides is 1. The lowest BCUT2D eigenvalue weighted by Crippen LogP contribution is -2.47. The smallest absolute Gasteiger partial charge is 0.327 e. The molecule has 1 aromatic rings. The van der Waals surface area contributed by atoms with Crippen molar-refractivity contribution >= 4 is 35.2 Å². The van der Waals surface area contributed by atoms with E-state index in [-0.39, 0.29) is 23.1 Å². The number of hydrogen-bond acceptors (Lipinski definition) is 6. The van der Waals surface area contributed by atoms with E-state index in [0.29, 0.717) is 16.3 Å². The van der Waals surface area contributed by atoms with Gasteiger partial charge in [-0.2, -0.15) is 0 Å². The lowest BCUT2D eigenvalue weighted by Gasteiger charge is -2.29. The fraction of sp³-hybridized carbons (Fsp3) is 0.692. The van der Waals surface area contributed by atoms with Gasteiger partial charge in [0, 0.05) is 5.75 Å². The van der Waals surface area contributed by atoms with Gasteiger partial charge in [0.15, 0.2) is 0 Å². The summed E-state index contributed by atoms with van der Waals surface area (Å²) < 4.78 is 3.87. The van der Waals surface area contributed by atoms with Crippen molar-refractivity contribution < 1.29 is 14.7 Å². The van der Waals surface area contributed by atoms with Crippen molar-refractivity contribution in [1.29, 1.82) is 0 Å². The average molecular weight is 329 g/mol. The van der Waals surface area contributed by atoms with Crippen molar-refractivity contribution in [2.45, 2.75) is 45.0 Å². The number of carboxylic acids is 1. The standard InChI is InChI=1S/C13H19N3O3S2/c1-6(2)9-10(21-15-14-9)11(17)16-8(13(18)19)5-20-12(16)7(3)4/h6-8,12H,5H2,1-4H3,(H,18,19). The van der Waals surface area contributed by atoms with Crippen molar-refractivity contribution in [3.05, 3.63) is 10.6 Å². The molecule has 1 amide bonds. The van der Waals surface area contributed by atoms with Gasteiger partial charge in [0.1, 0.15) is 10.9 Å². The summed E-state index contributed by atoms with van der Waals surface area (Å²) in [5.41, 5.74) is 0.647. The molecule has 1 N–H and O–H groups in total. The first-order valence-corrected chi connectivity index (χ1v) is 8.66. The maximum absolute atomic E-state index is 12.8. The highest BCUT2D eigenvalue weighted by Crippen LogP contribution is 2.36. The summed E-state index contributed by atoms with van der Waals surface area (Å²) in [6.07, 6.45) is 0. The monoisotopic (exact) mass is 329 g/mol. The minimum absolute atomic E-state index is 0.0822. The third kappa shape index (κ3) is 3.06. The van der Waals surface area contributed by atoms with Crippen molar-refractivity contribution in [2.75, 3.05) is 5.75 Å². The Labute approximate surface area is 132 Å². The predicted molar refractivity (Wildman–Crippen MR) is 82.7 cm³/mol. The van der Waals surface area contributed by atoms with Crippen molar-refractivity contribution in [3.8, 4) is 0 Å². The first-order valence-electron chi connectivity index (χ1n) is 6.83. The van der Waals surface area contributed by atoms with Crippen LogP contribution < -0.4 is 0 Å². The van der Waals surface area contributed by atoms with Gasteiger partial charge in [0.25, 0.3) is 5.91 Å². The van der Waals surface area contributed by atoms with Crippen LogP contribution in [0.5, 0.6) is 0 Å². The molecule has 1 saturated heterocycles. The summed E-state index contributed by atoms with van der Waals surface area (Å²) in [6.45, 7) is 7.88. The second kappa shape index (κ2) is 6.31. The fourth-order valence-electron chi connectivity index (χ4n) is 2.33. The summed E-state index contributed by atoms with van der Waals surface area (Å²) in [7, 11) is 0. The van der Waals surface area contributed by atoms with Crippen LogP contribution in [0.2, 0.25) is 0 Å². The van der Waals surface area contributed by atoms with Crippen LogP contribution in [0.3, 0.4) is 0 Å². The number of thioether (sulfide) groups is 1. The van der Waals surface area contributed by atoms with Crippen LogP contribution in [0.25, 0.3) is 0 Å². The average Bonchev–Trinajstić information content (AvgIpc) is 3.04. The maximum atomic E-state index is 12.8. The predicted octanol–water partition coefficient (Wildman–Crippen LogP) is 2.29. The van der Waals surface area contributed by atoms with E-state index >= 15 is 0 Å². The first-order chi connectivity index (χ1) is 9.84. The lowest BCUT2D eigenvalue weighted by atomic mass is 10.1. The number of nitrogens with zero attached hydrogens (tertiary/aromatic N) is 3. The molecule has 2 unspecified atom stereocenters. The van der Waals surface area contributed by atoms with Gasteiger partial charge in [-0.3, -0.25) is 4.79 Å². The zero-order chi connectivity index (χ0) is 15.7. The molecule has 0 bridgehead atoms. The van der Waals surface area contributed by atoms with Crippen LogP contribution in [-0.4, -0.2) is 48.6 Å². The summed E-state index contributed by atoms with van der Waals surface area (Å²) in [4.78, 5) is 26.2. The molecular weight excluding hydrogens is 310 g/mol. The van der Waals surface area contributed by atoms with E-state index < -0.39 is 12.0 Å². The molecule has 2 rings (SSSR count). The lowest BCUT2D eigenvalue weighted by molar-refractivity contribution is -0.141. The molecule has 8 heteroatoms. The Kier molecular flexibility index (Phi) is 4.88. The Morgan fingerprint density at radius 3 is 2.52 bits per heavy atom. The molecule has 0 aromatic carbocycles. The van der Waals surface area contributed by atoms with E-state index in [1.54, 1.807) is 0 Å². The van der Waals surface area contributed by atoms with Crippen molar-refractivity contribution in [1.82, 2.24) is 14.5 Å². The van der Waals surface area contributed by atoms with Gasteiger partial charge in [-0.05, 0) is 23.4 Å². The van der Waals surface area contributed by atoms with Gasteiger partial charge in [0.05, 0.1) is 11.1 Å². The number of carbonyl (C=O) groups is 2. The molecule has 116 valence electrons. The number of aromatic nitrogens is 2. The summed E-state index contributed by atoms with van der Waals surface area (Å²) in [5.74, 6) is -0.523. The van der Waals surface area contributed by atoms with Crippen molar-refractivity contribution in [2.24, 2.45) is 5.92 Å². The molecule has 1 aliphatic heterocycles. The molecule has 2 heterocycles. The van der Waals surface area contributed by atoms with Gasteiger partial charge >= 0.3 is 5.97 Å². The Bertz CT molecular complexity index is 545. The second-order valence-corrected chi connectivity index (χ2v) is 7.58. The Morgan fingerprint density at radius 1 is 1.33 bits per heavy atom.